The summed E-state index contributed by atoms with van der Waals surface area (Å²) in [4.78, 5) is 24.8. The fourth-order valence-electron chi connectivity index (χ4n) is 3.48. The number of thioether (sulfide) groups is 1. The molecule has 34 heavy (non-hydrogen) atoms. The van der Waals surface area contributed by atoms with E-state index in [2.05, 4.69) is 9.98 Å². The summed E-state index contributed by atoms with van der Waals surface area (Å²) in [5, 5.41) is 1.95. The van der Waals surface area contributed by atoms with E-state index in [1.807, 2.05) is 35.9 Å². The zero-order valence-electron chi connectivity index (χ0n) is 17.5. The molecule has 0 N–H and O–H groups in total. The van der Waals surface area contributed by atoms with E-state index < -0.39 is 0 Å². The summed E-state index contributed by atoms with van der Waals surface area (Å²) >= 11 is 25.8. The molecule has 0 aliphatic carbocycles. The number of hydrogen-bond acceptors (Lipinski definition) is 4. The first-order valence-electron chi connectivity index (χ1n) is 9.96. The minimum Gasteiger partial charge on any atom is -0.328 e. The molecule has 5 rings (SSSR count). The number of hydrogen-bond donors (Lipinski definition) is 0. The van der Waals surface area contributed by atoms with Crippen molar-refractivity contribution < 1.29 is 4.79 Å². The van der Waals surface area contributed by atoms with Gasteiger partial charge in [-0.1, -0.05) is 58.5 Å². The number of nitrogens with zero attached hydrogens (tertiary/aromatic N) is 4. The van der Waals surface area contributed by atoms with Crippen LogP contribution in [0.5, 0.6) is 0 Å². The standard InChI is InChI=1S/C24H14Cl4N4OS/c1-31-20-5-3-2-4-19(20)30-22(31)12-21-23(33)32(14-7-9-16(26)18(28)11-14)24(34-21)29-13-6-8-15(25)17(27)10-13/h2-12H,1H3/b21-12+,29-24?. The minimum atomic E-state index is -0.255. The fraction of sp³-hybridized carbons (Fsp3) is 0.0417. The van der Waals surface area contributed by atoms with Gasteiger partial charge in [0.15, 0.2) is 5.17 Å². The molecule has 0 radical (unpaired) electrons. The van der Waals surface area contributed by atoms with Crippen molar-refractivity contribution in [3.63, 3.8) is 0 Å². The predicted octanol–water partition coefficient (Wildman–Crippen LogP) is 8.00. The number of imidazole rings is 1. The van der Waals surface area contributed by atoms with Crippen LogP contribution in [0.3, 0.4) is 0 Å². The molecule has 10 heteroatoms. The molecule has 0 unspecified atom stereocenters. The van der Waals surface area contributed by atoms with Gasteiger partial charge in [-0.05, 0) is 60.3 Å². The maximum atomic E-state index is 13.6. The number of carbonyl (C=O) groups excluding carboxylic acids is 1. The number of aromatic nitrogens is 2. The van der Waals surface area contributed by atoms with Gasteiger partial charge < -0.3 is 4.57 Å². The molecule has 1 aromatic heterocycles. The van der Waals surface area contributed by atoms with Crippen molar-refractivity contribution in [3.05, 3.63) is 91.5 Å². The third-order valence-corrected chi connectivity index (χ3v) is 7.62. The number of amides is 1. The number of benzene rings is 3. The molecule has 1 fully saturated rings. The maximum Gasteiger partial charge on any atom is 0.271 e. The second-order valence-corrected chi connectivity index (χ2v) is 10.00. The van der Waals surface area contributed by atoms with Gasteiger partial charge in [-0.2, -0.15) is 0 Å². The van der Waals surface area contributed by atoms with Crippen molar-refractivity contribution in [3.8, 4) is 0 Å². The molecule has 0 bridgehead atoms. The molecule has 1 aliphatic heterocycles. The van der Waals surface area contributed by atoms with Crippen LogP contribution >= 0.6 is 58.2 Å². The smallest absolute Gasteiger partial charge is 0.271 e. The molecular formula is C24H14Cl4N4OS. The molecule has 0 spiro atoms. The van der Waals surface area contributed by atoms with Gasteiger partial charge in [0.1, 0.15) is 5.82 Å². The first kappa shape index (κ1) is 23.3. The van der Waals surface area contributed by atoms with Crippen molar-refractivity contribution in [2.45, 2.75) is 0 Å². The van der Waals surface area contributed by atoms with Crippen LogP contribution < -0.4 is 4.90 Å². The van der Waals surface area contributed by atoms with Crippen LogP contribution in [0.1, 0.15) is 5.82 Å². The molecule has 3 aromatic carbocycles. The van der Waals surface area contributed by atoms with Crippen LogP contribution in [-0.2, 0) is 11.8 Å². The van der Waals surface area contributed by atoms with E-state index >= 15 is 0 Å². The number of carbonyl (C=O) groups is 1. The summed E-state index contributed by atoms with van der Waals surface area (Å²) in [5.74, 6) is 0.399. The largest absolute Gasteiger partial charge is 0.328 e. The number of halogens is 4. The molecule has 2 heterocycles. The van der Waals surface area contributed by atoms with Gasteiger partial charge in [0.25, 0.3) is 5.91 Å². The fourth-order valence-corrected chi connectivity index (χ4v) is 5.03. The predicted molar refractivity (Wildman–Crippen MR) is 144 cm³/mol. The minimum absolute atomic E-state index is 0.255. The lowest BCUT2D eigenvalue weighted by Gasteiger charge is -2.16. The highest BCUT2D eigenvalue weighted by molar-refractivity contribution is 8.19. The van der Waals surface area contributed by atoms with E-state index in [-0.39, 0.29) is 5.91 Å². The van der Waals surface area contributed by atoms with Crippen molar-refractivity contribution in [2.75, 3.05) is 4.90 Å². The van der Waals surface area contributed by atoms with Crippen molar-refractivity contribution >= 4 is 97.7 Å². The van der Waals surface area contributed by atoms with Gasteiger partial charge >= 0.3 is 0 Å². The molecule has 0 atom stereocenters. The lowest BCUT2D eigenvalue weighted by atomic mass is 10.3. The van der Waals surface area contributed by atoms with Crippen LogP contribution in [0.15, 0.2) is 70.6 Å². The highest BCUT2D eigenvalue weighted by atomic mass is 35.5. The molecule has 1 amide bonds. The first-order chi connectivity index (χ1) is 16.3. The Morgan fingerprint density at radius 1 is 0.912 bits per heavy atom. The normalized spacial score (nSPS) is 16.4. The summed E-state index contributed by atoms with van der Waals surface area (Å²) in [6.07, 6.45) is 1.76. The Morgan fingerprint density at radius 2 is 1.62 bits per heavy atom. The maximum absolute atomic E-state index is 13.6. The molecule has 4 aromatic rings. The average Bonchev–Trinajstić information content (AvgIpc) is 3.29. The second-order valence-electron chi connectivity index (χ2n) is 7.36. The molecule has 1 aliphatic rings. The van der Waals surface area contributed by atoms with Gasteiger partial charge in [0.05, 0.1) is 47.4 Å². The van der Waals surface area contributed by atoms with Crippen LogP contribution in [0, 0.1) is 0 Å². The number of aliphatic imine (C=N–C) groups is 1. The zero-order valence-corrected chi connectivity index (χ0v) is 21.3. The van der Waals surface area contributed by atoms with Crippen molar-refractivity contribution in [2.24, 2.45) is 12.0 Å². The lowest BCUT2D eigenvalue weighted by Crippen LogP contribution is -2.28. The van der Waals surface area contributed by atoms with E-state index in [1.54, 1.807) is 42.5 Å². The Morgan fingerprint density at radius 3 is 2.32 bits per heavy atom. The summed E-state index contributed by atoms with van der Waals surface area (Å²) in [7, 11) is 1.91. The Bertz CT molecular complexity index is 1530. The van der Waals surface area contributed by atoms with E-state index in [1.165, 1.54) is 16.7 Å². The summed E-state index contributed by atoms with van der Waals surface area (Å²) in [6, 6.07) is 17.8. The summed E-state index contributed by atoms with van der Waals surface area (Å²) in [5.41, 5.74) is 2.91. The molecule has 170 valence electrons. The van der Waals surface area contributed by atoms with E-state index in [0.717, 1.165) is 11.0 Å². The average molecular weight is 548 g/mol. The Balaban J connectivity index is 1.62. The van der Waals surface area contributed by atoms with Crippen LogP contribution in [0.4, 0.5) is 11.4 Å². The second kappa shape index (κ2) is 9.29. The summed E-state index contributed by atoms with van der Waals surface area (Å²) < 4.78 is 1.94. The van der Waals surface area contributed by atoms with Crippen molar-refractivity contribution in [1.29, 1.82) is 0 Å². The number of anilines is 1. The number of rotatable bonds is 3. The molecular weight excluding hydrogens is 534 g/mol. The van der Waals surface area contributed by atoms with Gasteiger partial charge in [-0.3, -0.25) is 9.69 Å². The van der Waals surface area contributed by atoms with E-state index in [9.17, 15) is 4.79 Å². The summed E-state index contributed by atoms with van der Waals surface area (Å²) in [6.45, 7) is 0. The Kier molecular flexibility index (Phi) is 6.35. The quantitative estimate of drug-likeness (QED) is 0.244. The zero-order chi connectivity index (χ0) is 24.0. The number of fused-ring (bicyclic) bond motifs is 1. The third kappa shape index (κ3) is 4.32. The monoisotopic (exact) mass is 546 g/mol. The van der Waals surface area contributed by atoms with Gasteiger partial charge in [-0.15, -0.1) is 0 Å². The number of amidine groups is 1. The molecule has 1 saturated heterocycles. The Labute approximate surface area is 219 Å². The van der Waals surface area contributed by atoms with Crippen LogP contribution in [0.2, 0.25) is 20.1 Å². The topological polar surface area (TPSA) is 50.5 Å². The van der Waals surface area contributed by atoms with E-state index in [0.29, 0.717) is 47.4 Å². The number of para-hydroxylation sites is 2. The van der Waals surface area contributed by atoms with Crippen LogP contribution in [0.25, 0.3) is 17.1 Å². The van der Waals surface area contributed by atoms with Crippen LogP contribution in [-0.4, -0.2) is 20.6 Å². The highest BCUT2D eigenvalue weighted by Crippen LogP contribution is 2.39. The molecule has 5 nitrogen and oxygen atoms in total. The van der Waals surface area contributed by atoms with Gasteiger partial charge in [0, 0.05) is 13.1 Å². The highest BCUT2D eigenvalue weighted by Gasteiger charge is 2.35. The molecule has 0 saturated carbocycles. The van der Waals surface area contributed by atoms with E-state index in [4.69, 9.17) is 46.4 Å². The van der Waals surface area contributed by atoms with Gasteiger partial charge in [-0.25, -0.2) is 9.98 Å². The third-order valence-electron chi connectivity index (χ3n) is 5.18. The van der Waals surface area contributed by atoms with Crippen molar-refractivity contribution in [1.82, 2.24) is 9.55 Å². The number of aryl methyl sites for hydroxylation is 1. The SMILES string of the molecule is Cn1c(/C=C2/SC(=Nc3ccc(Cl)c(Cl)c3)N(c3ccc(Cl)c(Cl)c3)C2=O)nc2ccccc21. The Hall–Kier alpha value is -2.48. The van der Waals surface area contributed by atoms with Gasteiger partial charge in [0.2, 0.25) is 0 Å². The first-order valence-corrected chi connectivity index (χ1v) is 12.3. The lowest BCUT2D eigenvalue weighted by molar-refractivity contribution is -0.113.